The van der Waals surface area contributed by atoms with E-state index >= 15 is 0 Å². The highest BCUT2D eigenvalue weighted by molar-refractivity contribution is 5.80. The van der Waals surface area contributed by atoms with Crippen molar-refractivity contribution >= 4 is 5.96 Å². The summed E-state index contributed by atoms with van der Waals surface area (Å²) in [7, 11) is 0. The molecule has 116 valence electrons. The molecular weight excluding hydrogens is 248 g/mol. The van der Waals surface area contributed by atoms with Gasteiger partial charge in [-0.3, -0.25) is 4.99 Å². The number of nitrogens with zero attached hydrogens (tertiary/aromatic N) is 2. The SMILES string of the molecule is CCNC(=NCCCCN1CCCC1)NC1CCCC1. The van der Waals surface area contributed by atoms with Crippen molar-refractivity contribution in [1.82, 2.24) is 15.5 Å². The van der Waals surface area contributed by atoms with Crippen LogP contribution in [0.1, 0.15) is 58.3 Å². The van der Waals surface area contributed by atoms with Crippen LogP contribution in [0.4, 0.5) is 0 Å². The molecule has 0 aromatic heterocycles. The van der Waals surface area contributed by atoms with Crippen LogP contribution in [0, 0.1) is 0 Å². The van der Waals surface area contributed by atoms with E-state index in [0.717, 1.165) is 19.0 Å². The Morgan fingerprint density at radius 1 is 1.10 bits per heavy atom. The summed E-state index contributed by atoms with van der Waals surface area (Å²) >= 11 is 0. The van der Waals surface area contributed by atoms with Gasteiger partial charge in [0.05, 0.1) is 0 Å². The molecule has 20 heavy (non-hydrogen) atoms. The number of aliphatic imine (C=N–C) groups is 1. The number of nitrogens with one attached hydrogen (secondary N) is 2. The van der Waals surface area contributed by atoms with Gasteiger partial charge in [0.25, 0.3) is 0 Å². The maximum Gasteiger partial charge on any atom is 0.191 e. The predicted molar refractivity (Wildman–Crippen MR) is 86.3 cm³/mol. The van der Waals surface area contributed by atoms with Crippen molar-refractivity contribution in [3.8, 4) is 0 Å². The second-order valence-electron chi connectivity index (χ2n) is 6.14. The van der Waals surface area contributed by atoms with Crippen molar-refractivity contribution in [2.24, 2.45) is 4.99 Å². The number of hydrogen-bond acceptors (Lipinski definition) is 2. The summed E-state index contributed by atoms with van der Waals surface area (Å²) in [6.07, 6.45) is 10.6. The average molecular weight is 280 g/mol. The summed E-state index contributed by atoms with van der Waals surface area (Å²) in [6.45, 7) is 7.94. The molecule has 1 aliphatic carbocycles. The molecule has 4 heteroatoms. The van der Waals surface area contributed by atoms with Gasteiger partial charge in [0.15, 0.2) is 5.96 Å². The number of likely N-dealkylation sites (tertiary alicyclic amines) is 1. The van der Waals surface area contributed by atoms with Gasteiger partial charge in [0.1, 0.15) is 0 Å². The minimum Gasteiger partial charge on any atom is -0.357 e. The Balaban J connectivity index is 1.60. The first-order valence-electron chi connectivity index (χ1n) is 8.65. The van der Waals surface area contributed by atoms with Crippen LogP contribution in [0.2, 0.25) is 0 Å². The topological polar surface area (TPSA) is 39.7 Å². The smallest absolute Gasteiger partial charge is 0.191 e. The van der Waals surface area contributed by atoms with E-state index in [1.54, 1.807) is 0 Å². The first-order chi connectivity index (χ1) is 9.88. The molecular formula is C16H32N4. The average Bonchev–Trinajstić information content (AvgIpc) is 3.11. The fourth-order valence-electron chi connectivity index (χ4n) is 3.23. The van der Waals surface area contributed by atoms with Gasteiger partial charge >= 0.3 is 0 Å². The monoisotopic (exact) mass is 280 g/mol. The molecule has 0 atom stereocenters. The van der Waals surface area contributed by atoms with Gasteiger partial charge < -0.3 is 15.5 Å². The molecule has 2 N–H and O–H groups in total. The van der Waals surface area contributed by atoms with Crippen LogP contribution in [0.3, 0.4) is 0 Å². The highest BCUT2D eigenvalue weighted by atomic mass is 15.2. The predicted octanol–water partition coefficient (Wildman–Crippen LogP) is 2.36. The first kappa shape index (κ1) is 15.6. The molecule has 1 aliphatic heterocycles. The maximum atomic E-state index is 4.72. The normalized spacial score (nSPS) is 21.6. The lowest BCUT2D eigenvalue weighted by molar-refractivity contribution is 0.331. The number of hydrogen-bond donors (Lipinski definition) is 2. The number of rotatable bonds is 7. The Labute approximate surface area is 124 Å². The third-order valence-corrected chi connectivity index (χ3v) is 4.39. The summed E-state index contributed by atoms with van der Waals surface area (Å²) in [6, 6.07) is 0.650. The van der Waals surface area contributed by atoms with Crippen molar-refractivity contribution in [3.63, 3.8) is 0 Å². The Kier molecular flexibility index (Phi) is 7.20. The summed E-state index contributed by atoms with van der Waals surface area (Å²) in [5, 5.41) is 6.95. The largest absolute Gasteiger partial charge is 0.357 e. The van der Waals surface area contributed by atoms with Crippen molar-refractivity contribution < 1.29 is 0 Å². The van der Waals surface area contributed by atoms with Crippen LogP contribution in [0.25, 0.3) is 0 Å². The molecule has 1 saturated carbocycles. The molecule has 0 radical (unpaired) electrons. The Bertz CT molecular complexity index is 278. The zero-order chi connectivity index (χ0) is 14.0. The molecule has 4 nitrogen and oxygen atoms in total. The molecule has 0 aromatic rings. The van der Waals surface area contributed by atoms with Crippen LogP contribution in [-0.4, -0.2) is 49.6 Å². The molecule has 1 saturated heterocycles. The summed E-state index contributed by atoms with van der Waals surface area (Å²) < 4.78 is 0. The van der Waals surface area contributed by atoms with Gasteiger partial charge in [0.2, 0.25) is 0 Å². The molecule has 0 unspecified atom stereocenters. The van der Waals surface area contributed by atoms with Gasteiger partial charge in [-0.15, -0.1) is 0 Å². The zero-order valence-corrected chi connectivity index (χ0v) is 13.2. The summed E-state index contributed by atoms with van der Waals surface area (Å²) in [5.41, 5.74) is 0. The third-order valence-electron chi connectivity index (χ3n) is 4.39. The maximum absolute atomic E-state index is 4.72. The van der Waals surface area contributed by atoms with Gasteiger partial charge in [-0.1, -0.05) is 12.8 Å². The second kappa shape index (κ2) is 9.22. The minimum atomic E-state index is 0.650. The fourth-order valence-corrected chi connectivity index (χ4v) is 3.23. The quantitative estimate of drug-likeness (QED) is 0.427. The standard InChI is InChI=1S/C16H32N4/c1-2-17-16(19-15-9-3-4-10-15)18-11-5-6-12-20-13-7-8-14-20/h15H,2-14H2,1H3,(H2,17,18,19). The molecule has 0 spiro atoms. The second-order valence-corrected chi connectivity index (χ2v) is 6.14. The lowest BCUT2D eigenvalue weighted by Gasteiger charge is -2.17. The van der Waals surface area contributed by atoms with Gasteiger partial charge in [-0.25, -0.2) is 0 Å². The van der Waals surface area contributed by atoms with Gasteiger partial charge in [0, 0.05) is 19.1 Å². The molecule has 2 aliphatic rings. The molecule has 1 heterocycles. The highest BCUT2D eigenvalue weighted by Crippen LogP contribution is 2.17. The van der Waals surface area contributed by atoms with Gasteiger partial charge in [-0.05, 0) is 65.1 Å². The summed E-state index contributed by atoms with van der Waals surface area (Å²) in [4.78, 5) is 7.31. The molecule has 0 amide bonds. The Morgan fingerprint density at radius 3 is 2.55 bits per heavy atom. The summed E-state index contributed by atoms with van der Waals surface area (Å²) in [5.74, 6) is 1.03. The van der Waals surface area contributed by atoms with Crippen LogP contribution < -0.4 is 10.6 Å². The van der Waals surface area contributed by atoms with Gasteiger partial charge in [-0.2, -0.15) is 0 Å². The van der Waals surface area contributed by atoms with Crippen LogP contribution >= 0.6 is 0 Å². The van der Waals surface area contributed by atoms with Crippen molar-refractivity contribution in [2.75, 3.05) is 32.7 Å². The zero-order valence-electron chi connectivity index (χ0n) is 13.2. The first-order valence-corrected chi connectivity index (χ1v) is 8.65. The minimum absolute atomic E-state index is 0.650. The molecule has 2 rings (SSSR count). The Morgan fingerprint density at radius 2 is 1.85 bits per heavy atom. The van der Waals surface area contributed by atoms with Crippen molar-refractivity contribution in [3.05, 3.63) is 0 Å². The van der Waals surface area contributed by atoms with E-state index in [9.17, 15) is 0 Å². The Hall–Kier alpha value is -0.770. The van der Waals surface area contributed by atoms with Crippen molar-refractivity contribution in [2.45, 2.75) is 64.3 Å². The van der Waals surface area contributed by atoms with Crippen LogP contribution in [0.15, 0.2) is 4.99 Å². The molecule has 0 bridgehead atoms. The lowest BCUT2D eigenvalue weighted by atomic mass is 10.2. The highest BCUT2D eigenvalue weighted by Gasteiger charge is 2.15. The third kappa shape index (κ3) is 5.70. The van der Waals surface area contributed by atoms with E-state index in [1.165, 1.54) is 71.0 Å². The van der Waals surface area contributed by atoms with E-state index < -0.39 is 0 Å². The van der Waals surface area contributed by atoms with E-state index in [-0.39, 0.29) is 0 Å². The lowest BCUT2D eigenvalue weighted by Crippen LogP contribution is -2.42. The van der Waals surface area contributed by atoms with Crippen LogP contribution in [-0.2, 0) is 0 Å². The number of guanidine groups is 1. The van der Waals surface area contributed by atoms with E-state index in [2.05, 4.69) is 22.5 Å². The fraction of sp³-hybridized carbons (Fsp3) is 0.938. The number of unbranched alkanes of at least 4 members (excludes halogenated alkanes) is 1. The van der Waals surface area contributed by atoms with Crippen molar-refractivity contribution in [1.29, 1.82) is 0 Å². The molecule has 0 aromatic carbocycles. The van der Waals surface area contributed by atoms with E-state index in [0.29, 0.717) is 6.04 Å². The van der Waals surface area contributed by atoms with Crippen LogP contribution in [0.5, 0.6) is 0 Å². The van der Waals surface area contributed by atoms with E-state index in [1.807, 2.05) is 0 Å². The molecule has 2 fully saturated rings. The van der Waals surface area contributed by atoms with E-state index in [4.69, 9.17) is 4.99 Å².